The van der Waals surface area contributed by atoms with Gasteiger partial charge < -0.3 is 20.1 Å². The van der Waals surface area contributed by atoms with Crippen LogP contribution in [0.15, 0.2) is 66.7 Å². The molecule has 0 radical (unpaired) electrons. The Balaban J connectivity index is 1.69. The number of aryl methyl sites for hydroxylation is 1. The van der Waals surface area contributed by atoms with Gasteiger partial charge in [0.25, 0.3) is 5.91 Å². The third-order valence-electron chi connectivity index (χ3n) is 4.11. The van der Waals surface area contributed by atoms with Crippen molar-refractivity contribution in [3.63, 3.8) is 0 Å². The standard InChI is InChI=1S/C22H22N2O3/c1-15-5-4-6-16(13-15)22(25)24-18-9-7-17(8-10-18)23-20-12-11-19(26-2)14-21(20)27-3/h4-14,23H,1-3H3,(H,24,25). The number of carbonyl (C=O) groups is 1. The zero-order valence-electron chi connectivity index (χ0n) is 15.6. The van der Waals surface area contributed by atoms with Crippen LogP contribution in [0.3, 0.4) is 0 Å². The van der Waals surface area contributed by atoms with E-state index >= 15 is 0 Å². The zero-order valence-corrected chi connectivity index (χ0v) is 15.6. The maximum atomic E-state index is 12.3. The van der Waals surface area contributed by atoms with Crippen molar-refractivity contribution < 1.29 is 14.3 Å². The molecule has 0 aliphatic rings. The number of hydrogen-bond donors (Lipinski definition) is 2. The Morgan fingerprint density at radius 3 is 2.26 bits per heavy atom. The molecule has 138 valence electrons. The molecule has 0 heterocycles. The van der Waals surface area contributed by atoms with Gasteiger partial charge in [0.2, 0.25) is 0 Å². The summed E-state index contributed by atoms with van der Waals surface area (Å²) in [5, 5.41) is 6.21. The summed E-state index contributed by atoms with van der Waals surface area (Å²) in [5.41, 5.74) is 4.13. The molecular formula is C22H22N2O3. The highest BCUT2D eigenvalue weighted by Crippen LogP contribution is 2.31. The topological polar surface area (TPSA) is 59.6 Å². The van der Waals surface area contributed by atoms with Gasteiger partial charge >= 0.3 is 0 Å². The van der Waals surface area contributed by atoms with E-state index in [9.17, 15) is 4.79 Å². The van der Waals surface area contributed by atoms with Crippen molar-refractivity contribution in [2.45, 2.75) is 6.92 Å². The second-order valence-corrected chi connectivity index (χ2v) is 6.09. The fourth-order valence-corrected chi connectivity index (χ4v) is 2.68. The number of methoxy groups -OCH3 is 2. The molecule has 0 saturated heterocycles. The molecule has 0 aliphatic carbocycles. The van der Waals surface area contributed by atoms with Crippen molar-refractivity contribution in [3.05, 3.63) is 77.9 Å². The lowest BCUT2D eigenvalue weighted by Crippen LogP contribution is -2.11. The van der Waals surface area contributed by atoms with E-state index in [4.69, 9.17) is 9.47 Å². The summed E-state index contributed by atoms with van der Waals surface area (Å²) in [6, 6.07) is 20.6. The number of benzene rings is 3. The number of rotatable bonds is 6. The Bertz CT molecular complexity index is 937. The van der Waals surface area contributed by atoms with Gasteiger partial charge in [0.1, 0.15) is 11.5 Å². The van der Waals surface area contributed by atoms with Crippen LogP contribution in [0, 0.1) is 6.92 Å². The van der Waals surface area contributed by atoms with Crippen molar-refractivity contribution in [1.82, 2.24) is 0 Å². The van der Waals surface area contributed by atoms with E-state index in [0.29, 0.717) is 11.3 Å². The SMILES string of the molecule is COc1ccc(Nc2ccc(NC(=O)c3cccc(C)c3)cc2)c(OC)c1. The van der Waals surface area contributed by atoms with E-state index in [1.807, 2.05) is 67.6 Å². The van der Waals surface area contributed by atoms with Gasteiger partial charge in [-0.2, -0.15) is 0 Å². The van der Waals surface area contributed by atoms with E-state index in [0.717, 1.165) is 28.4 Å². The Labute approximate surface area is 158 Å². The molecule has 1 amide bonds. The molecule has 0 fully saturated rings. The zero-order chi connectivity index (χ0) is 19.2. The van der Waals surface area contributed by atoms with Gasteiger partial charge in [-0.3, -0.25) is 4.79 Å². The summed E-state index contributed by atoms with van der Waals surface area (Å²) in [7, 11) is 3.23. The van der Waals surface area contributed by atoms with Crippen LogP contribution < -0.4 is 20.1 Å². The summed E-state index contributed by atoms with van der Waals surface area (Å²) in [4.78, 5) is 12.3. The number of carbonyl (C=O) groups excluding carboxylic acids is 1. The highest BCUT2D eigenvalue weighted by molar-refractivity contribution is 6.04. The molecule has 0 bridgehead atoms. The summed E-state index contributed by atoms with van der Waals surface area (Å²) in [5.74, 6) is 1.29. The molecule has 3 rings (SSSR count). The predicted molar refractivity (Wildman–Crippen MR) is 108 cm³/mol. The van der Waals surface area contributed by atoms with Crippen molar-refractivity contribution in [2.75, 3.05) is 24.9 Å². The molecule has 2 N–H and O–H groups in total. The van der Waals surface area contributed by atoms with Crippen LogP contribution in [0.1, 0.15) is 15.9 Å². The summed E-state index contributed by atoms with van der Waals surface area (Å²) in [6.07, 6.45) is 0. The first-order chi connectivity index (χ1) is 13.1. The normalized spacial score (nSPS) is 10.2. The third kappa shape index (κ3) is 4.58. The Hall–Kier alpha value is -3.47. The number of amides is 1. The van der Waals surface area contributed by atoms with Crippen molar-refractivity contribution >= 4 is 23.0 Å². The molecular weight excluding hydrogens is 340 g/mol. The molecule has 5 heteroatoms. The predicted octanol–water partition coefficient (Wildman–Crippen LogP) is 5.01. The minimum absolute atomic E-state index is 0.128. The lowest BCUT2D eigenvalue weighted by atomic mass is 10.1. The number of ether oxygens (including phenoxy) is 2. The van der Waals surface area contributed by atoms with Gasteiger partial charge in [0.05, 0.1) is 19.9 Å². The Morgan fingerprint density at radius 2 is 1.59 bits per heavy atom. The monoisotopic (exact) mass is 362 g/mol. The first kappa shape index (κ1) is 18.3. The minimum Gasteiger partial charge on any atom is -0.497 e. The van der Waals surface area contributed by atoms with Gasteiger partial charge in [-0.1, -0.05) is 17.7 Å². The first-order valence-corrected chi connectivity index (χ1v) is 8.56. The second-order valence-electron chi connectivity index (χ2n) is 6.09. The molecule has 3 aromatic rings. The van der Waals surface area contributed by atoms with Crippen molar-refractivity contribution in [3.8, 4) is 11.5 Å². The lowest BCUT2D eigenvalue weighted by molar-refractivity contribution is 0.102. The largest absolute Gasteiger partial charge is 0.497 e. The molecule has 0 saturated carbocycles. The highest BCUT2D eigenvalue weighted by atomic mass is 16.5. The van der Waals surface area contributed by atoms with Crippen LogP contribution >= 0.6 is 0 Å². The van der Waals surface area contributed by atoms with E-state index in [2.05, 4.69) is 10.6 Å². The van der Waals surface area contributed by atoms with E-state index in [1.165, 1.54) is 0 Å². The van der Waals surface area contributed by atoms with E-state index in [1.54, 1.807) is 20.3 Å². The van der Waals surface area contributed by atoms with Crippen LogP contribution in [0.4, 0.5) is 17.1 Å². The van der Waals surface area contributed by atoms with Crippen molar-refractivity contribution in [2.24, 2.45) is 0 Å². The summed E-state index contributed by atoms with van der Waals surface area (Å²) < 4.78 is 10.6. The maximum Gasteiger partial charge on any atom is 0.255 e. The molecule has 27 heavy (non-hydrogen) atoms. The molecule has 5 nitrogen and oxygen atoms in total. The van der Waals surface area contributed by atoms with Gasteiger partial charge in [-0.05, 0) is 55.5 Å². The minimum atomic E-state index is -0.128. The quantitative estimate of drug-likeness (QED) is 0.647. The van der Waals surface area contributed by atoms with Gasteiger partial charge in [-0.15, -0.1) is 0 Å². The first-order valence-electron chi connectivity index (χ1n) is 8.56. The van der Waals surface area contributed by atoms with Crippen LogP contribution in [0.25, 0.3) is 0 Å². The van der Waals surface area contributed by atoms with Crippen LogP contribution in [-0.2, 0) is 0 Å². The van der Waals surface area contributed by atoms with Crippen molar-refractivity contribution in [1.29, 1.82) is 0 Å². The molecule has 0 aliphatic heterocycles. The average molecular weight is 362 g/mol. The molecule has 0 atom stereocenters. The van der Waals surface area contributed by atoms with Crippen LogP contribution in [-0.4, -0.2) is 20.1 Å². The maximum absolute atomic E-state index is 12.3. The second kappa shape index (κ2) is 8.27. The summed E-state index contributed by atoms with van der Waals surface area (Å²) >= 11 is 0. The Kier molecular flexibility index (Phi) is 5.61. The fourth-order valence-electron chi connectivity index (χ4n) is 2.68. The van der Waals surface area contributed by atoms with Gasteiger partial charge in [-0.25, -0.2) is 0 Å². The summed E-state index contributed by atoms with van der Waals surface area (Å²) in [6.45, 7) is 1.96. The van der Waals surface area contributed by atoms with E-state index in [-0.39, 0.29) is 5.91 Å². The average Bonchev–Trinajstić information content (AvgIpc) is 2.69. The Morgan fingerprint density at radius 1 is 0.852 bits per heavy atom. The smallest absolute Gasteiger partial charge is 0.255 e. The molecule has 0 spiro atoms. The van der Waals surface area contributed by atoms with E-state index < -0.39 is 0 Å². The molecule has 0 aromatic heterocycles. The molecule has 0 unspecified atom stereocenters. The lowest BCUT2D eigenvalue weighted by Gasteiger charge is -2.13. The van der Waals surface area contributed by atoms with Crippen LogP contribution in [0.5, 0.6) is 11.5 Å². The number of anilines is 3. The third-order valence-corrected chi connectivity index (χ3v) is 4.11. The number of hydrogen-bond acceptors (Lipinski definition) is 4. The van der Waals surface area contributed by atoms with Gasteiger partial charge in [0.15, 0.2) is 0 Å². The molecule has 3 aromatic carbocycles. The van der Waals surface area contributed by atoms with Crippen LogP contribution in [0.2, 0.25) is 0 Å². The number of nitrogens with one attached hydrogen (secondary N) is 2. The fraction of sp³-hybridized carbons (Fsp3) is 0.136. The van der Waals surface area contributed by atoms with Gasteiger partial charge in [0, 0.05) is 23.0 Å². The highest BCUT2D eigenvalue weighted by Gasteiger charge is 2.08.